The summed E-state index contributed by atoms with van der Waals surface area (Å²) in [5.74, 6) is -0.0645. The highest BCUT2D eigenvalue weighted by atomic mass is 19.1. The van der Waals surface area contributed by atoms with E-state index in [0.717, 1.165) is 18.4 Å². The first-order valence-corrected chi connectivity index (χ1v) is 7.56. The van der Waals surface area contributed by atoms with Gasteiger partial charge >= 0.3 is 0 Å². The van der Waals surface area contributed by atoms with Gasteiger partial charge in [0.25, 0.3) is 0 Å². The Kier molecular flexibility index (Phi) is 4.01. The van der Waals surface area contributed by atoms with Gasteiger partial charge in [-0.25, -0.2) is 4.39 Å². The number of amides is 1. The highest BCUT2D eigenvalue weighted by molar-refractivity contribution is 5.81. The third-order valence-electron chi connectivity index (χ3n) is 4.42. The van der Waals surface area contributed by atoms with E-state index in [-0.39, 0.29) is 17.9 Å². The lowest BCUT2D eigenvalue weighted by Gasteiger charge is -2.32. The standard InChI is InChI=1S/C16H21FN2O/c17-13-9-7-12(8-10-13)16-18-11-15(20)19(16)14-5-3-1-2-4-6-14/h7-10,14,16,18H,1-6,11H2. The summed E-state index contributed by atoms with van der Waals surface area (Å²) in [5.41, 5.74) is 0.974. The SMILES string of the molecule is O=C1CNC(c2ccc(F)cc2)N1C1CCCCCC1. The smallest absolute Gasteiger partial charge is 0.238 e. The molecule has 108 valence electrons. The van der Waals surface area contributed by atoms with Crippen LogP contribution in [-0.2, 0) is 4.79 Å². The highest BCUT2D eigenvalue weighted by Crippen LogP contribution is 2.31. The third kappa shape index (κ3) is 2.70. The molecular weight excluding hydrogens is 255 g/mol. The Balaban J connectivity index is 1.82. The van der Waals surface area contributed by atoms with E-state index in [1.807, 2.05) is 4.90 Å². The van der Waals surface area contributed by atoms with Crippen molar-refractivity contribution in [2.45, 2.75) is 50.7 Å². The molecule has 0 radical (unpaired) electrons. The molecule has 1 unspecified atom stereocenters. The molecule has 1 atom stereocenters. The first kappa shape index (κ1) is 13.6. The maximum absolute atomic E-state index is 13.1. The number of benzene rings is 1. The van der Waals surface area contributed by atoms with Crippen LogP contribution >= 0.6 is 0 Å². The molecule has 2 aliphatic rings. The van der Waals surface area contributed by atoms with Crippen LogP contribution in [0.25, 0.3) is 0 Å². The summed E-state index contributed by atoms with van der Waals surface area (Å²) in [6, 6.07) is 6.80. The van der Waals surface area contributed by atoms with Gasteiger partial charge in [-0.05, 0) is 30.5 Å². The average molecular weight is 276 g/mol. The number of nitrogens with zero attached hydrogens (tertiary/aromatic N) is 1. The predicted molar refractivity (Wildman–Crippen MR) is 75.5 cm³/mol. The Hall–Kier alpha value is -1.42. The van der Waals surface area contributed by atoms with E-state index in [1.165, 1.54) is 37.8 Å². The summed E-state index contributed by atoms with van der Waals surface area (Å²) in [6.45, 7) is 0.387. The molecule has 3 nitrogen and oxygen atoms in total. The second-order valence-electron chi connectivity index (χ2n) is 5.78. The Morgan fingerprint density at radius 3 is 2.35 bits per heavy atom. The highest BCUT2D eigenvalue weighted by Gasteiger charge is 2.36. The first-order valence-electron chi connectivity index (χ1n) is 7.56. The molecule has 2 fully saturated rings. The van der Waals surface area contributed by atoms with Gasteiger partial charge in [-0.3, -0.25) is 10.1 Å². The van der Waals surface area contributed by atoms with Crippen molar-refractivity contribution < 1.29 is 9.18 Å². The summed E-state index contributed by atoms with van der Waals surface area (Å²) in [4.78, 5) is 14.2. The first-order chi connectivity index (χ1) is 9.75. The van der Waals surface area contributed by atoms with Crippen molar-refractivity contribution in [1.82, 2.24) is 10.2 Å². The van der Waals surface area contributed by atoms with Crippen molar-refractivity contribution in [2.75, 3.05) is 6.54 Å². The number of hydrogen-bond acceptors (Lipinski definition) is 2. The zero-order valence-corrected chi connectivity index (χ0v) is 11.6. The zero-order chi connectivity index (χ0) is 13.9. The van der Waals surface area contributed by atoms with E-state index < -0.39 is 0 Å². The van der Waals surface area contributed by atoms with Gasteiger partial charge in [-0.2, -0.15) is 0 Å². The van der Waals surface area contributed by atoms with Crippen LogP contribution in [0.1, 0.15) is 50.3 Å². The second kappa shape index (κ2) is 5.92. The van der Waals surface area contributed by atoms with Crippen LogP contribution in [-0.4, -0.2) is 23.4 Å². The number of rotatable bonds is 2. The van der Waals surface area contributed by atoms with Gasteiger partial charge in [-0.1, -0.05) is 37.8 Å². The lowest BCUT2D eigenvalue weighted by atomic mass is 10.0. The van der Waals surface area contributed by atoms with E-state index in [4.69, 9.17) is 0 Å². The molecule has 0 spiro atoms. The van der Waals surface area contributed by atoms with Gasteiger partial charge in [0.2, 0.25) is 5.91 Å². The van der Waals surface area contributed by atoms with Crippen LogP contribution in [0.5, 0.6) is 0 Å². The monoisotopic (exact) mass is 276 g/mol. The molecule has 4 heteroatoms. The fourth-order valence-electron chi connectivity index (χ4n) is 3.39. The van der Waals surface area contributed by atoms with Crippen molar-refractivity contribution in [3.63, 3.8) is 0 Å². The van der Waals surface area contributed by atoms with E-state index in [0.29, 0.717) is 12.6 Å². The van der Waals surface area contributed by atoms with Crippen molar-refractivity contribution in [3.05, 3.63) is 35.6 Å². The Labute approximate surface area is 119 Å². The van der Waals surface area contributed by atoms with Crippen LogP contribution in [0.2, 0.25) is 0 Å². The number of nitrogens with one attached hydrogen (secondary N) is 1. The van der Waals surface area contributed by atoms with Crippen molar-refractivity contribution in [3.8, 4) is 0 Å². The average Bonchev–Trinajstić information content (AvgIpc) is 2.67. The topological polar surface area (TPSA) is 32.3 Å². The normalized spacial score (nSPS) is 24.9. The quantitative estimate of drug-likeness (QED) is 0.842. The summed E-state index contributed by atoms with van der Waals surface area (Å²) in [5, 5.41) is 3.26. The fourth-order valence-corrected chi connectivity index (χ4v) is 3.39. The van der Waals surface area contributed by atoms with Gasteiger partial charge in [0.1, 0.15) is 12.0 Å². The summed E-state index contributed by atoms with van der Waals surface area (Å²) in [7, 11) is 0. The molecule has 1 saturated carbocycles. The summed E-state index contributed by atoms with van der Waals surface area (Å²) in [6.07, 6.45) is 7.03. The number of carbonyl (C=O) groups excluding carboxylic acids is 1. The van der Waals surface area contributed by atoms with Gasteiger partial charge < -0.3 is 4.90 Å². The molecule has 1 aliphatic heterocycles. The summed E-state index contributed by atoms with van der Waals surface area (Å²) >= 11 is 0. The van der Waals surface area contributed by atoms with Crippen molar-refractivity contribution in [2.24, 2.45) is 0 Å². The lowest BCUT2D eigenvalue weighted by molar-refractivity contribution is -0.130. The molecule has 0 bridgehead atoms. The molecule has 1 heterocycles. The van der Waals surface area contributed by atoms with E-state index in [1.54, 1.807) is 12.1 Å². The maximum atomic E-state index is 13.1. The van der Waals surface area contributed by atoms with E-state index in [9.17, 15) is 9.18 Å². The molecule has 3 rings (SSSR count). The molecule has 1 N–H and O–H groups in total. The molecule has 0 aromatic heterocycles. The largest absolute Gasteiger partial charge is 0.319 e. The molecule has 1 saturated heterocycles. The zero-order valence-electron chi connectivity index (χ0n) is 11.6. The molecule has 1 aromatic carbocycles. The van der Waals surface area contributed by atoms with Crippen LogP contribution in [0.4, 0.5) is 4.39 Å². The van der Waals surface area contributed by atoms with Gasteiger partial charge in [0.15, 0.2) is 0 Å². The molecular formula is C16H21FN2O. The second-order valence-corrected chi connectivity index (χ2v) is 5.78. The van der Waals surface area contributed by atoms with Crippen LogP contribution < -0.4 is 5.32 Å². The molecule has 1 aliphatic carbocycles. The van der Waals surface area contributed by atoms with Crippen LogP contribution in [0.15, 0.2) is 24.3 Å². The van der Waals surface area contributed by atoms with E-state index in [2.05, 4.69) is 5.32 Å². The Morgan fingerprint density at radius 1 is 1.05 bits per heavy atom. The van der Waals surface area contributed by atoms with Crippen LogP contribution in [0, 0.1) is 5.82 Å². The third-order valence-corrected chi connectivity index (χ3v) is 4.42. The fraction of sp³-hybridized carbons (Fsp3) is 0.562. The van der Waals surface area contributed by atoms with Gasteiger partial charge in [0.05, 0.1) is 6.54 Å². The van der Waals surface area contributed by atoms with Gasteiger partial charge in [-0.15, -0.1) is 0 Å². The predicted octanol–water partition coefficient (Wildman–Crippen LogP) is 2.98. The molecule has 1 aromatic rings. The Bertz CT molecular complexity index is 466. The van der Waals surface area contributed by atoms with Crippen LogP contribution in [0.3, 0.4) is 0 Å². The summed E-state index contributed by atoms with van der Waals surface area (Å²) < 4.78 is 13.1. The molecule has 20 heavy (non-hydrogen) atoms. The Morgan fingerprint density at radius 2 is 1.70 bits per heavy atom. The number of carbonyl (C=O) groups is 1. The number of hydrogen-bond donors (Lipinski definition) is 1. The minimum atomic E-state index is -0.237. The number of halogens is 1. The van der Waals surface area contributed by atoms with E-state index >= 15 is 0 Å². The lowest BCUT2D eigenvalue weighted by Crippen LogP contribution is -2.39. The van der Waals surface area contributed by atoms with Crippen molar-refractivity contribution >= 4 is 5.91 Å². The molecule has 1 amide bonds. The minimum Gasteiger partial charge on any atom is -0.319 e. The van der Waals surface area contributed by atoms with Gasteiger partial charge in [0, 0.05) is 6.04 Å². The maximum Gasteiger partial charge on any atom is 0.238 e. The van der Waals surface area contributed by atoms with Crippen molar-refractivity contribution in [1.29, 1.82) is 0 Å². The minimum absolute atomic E-state index is 0.0915.